The van der Waals surface area contributed by atoms with Crippen LogP contribution in [0.4, 0.5) is 0 Å². The number of ether oxygens (including phenoxy) is 1. The first-order valence-corrected chi connectivity index (χ1v) is 35.1. The van der Waals surface area contributed by atoms with Crippen LogP contribution in [0.1, 0.15) is 367 Å². The van der Waals surface area contributed by atoms with Crippen LogP contribution >= 0.6 is 0 Å². The average molecular weight is 1110 g/mol. The predicted molar refractivity (Wildman–Crippen MR) is 347 cm³/mol. The maximum Gasteiger partial charge on any atom is 0.305 e. The Morgan fingerprint density at radius 1 is 0.354 bits per heavy atom. The van der Waals surface area contributed by atoms with Gasteiger partial charge in [0, 0.05) is 12.8 Å². The fourth-order valence-corrected chi connectivity index (χ4v) is 10.6. The zero-order chi connectivity index (χ0) is 57.1. The topological polar surface area (TPSA) is 95.9 Å². The number of nitrogens with one attached hydrogen (secondary N) is 1. The number of hydrogen-bond donors (Lipinski definition) is 3. The van der Waals surface area contributed by atoms with Crippen molar-refractivity contribution in [3.05, 3.63) is 60.8 Å². The third-order valence-electron chi connectivity index (χ3n) is 16.0. The number of unbranched alkanes of at least 4 members (excludes halogenated alkanes) is 46. The standard InChI is InChI=1S/C73H135NO5/c1-3-5-7-9-11-13-15-17-18-19-33-37-40-43-47-51-55-59-63-67-73(78)79-68-64-60-56-52-48-44-41-38-35-32-30-28-26-24-22-20-21-23-25-27-29-31-34-36-39-42-46-50-54-58-62-66-72(77)74-70(69-75)71(76)65-61-57-53-49-45-16-14-12-10-8-6-4-2/h11,13,17-18,22,24,28,30,61,65,70-71,75-76H,3-10,12,14-16,19-21,23,25-27,29,31-60,62-64,66-69H2,1-2H3,(H,74,77)/b13-11-,18-17-,24-22-,30-28-,65-61+. The number of carbonyl (C=O) groups is 2. The zero-order valence-corrected chi connectivity index (χ0v) is 52.9. The minimum Gasteiger partial charge on any atom is -0.466 e. The van der Waals surface area contributed by atoms with E-state index in [0.29, 0.717) is 19.4 Å². The van der Waals surface area contributed by atoms with Crippen molar-refractivity contribution in [1.82, 2.24) is 5.32 Å². The number of aliphatic hydroxyl groups excluding tert-OH is 2. The van der Waals surface area contributed by atoms with E-state index in [2.05, 4.69) is 67.8 Å². The summed E-state index contributed by atoms with van der Waals surface area (Å²) < 4.78 is 5.50. The molecule has 0 aromatic rings. The number of carbonyl (C=O) groups excluding carboxylic acids is 2. The molecule has 0 aliphatic rings. The van der Waals surface area contributed by atoms with Crippen molar-refractivity contribution in [2.24, 2.45) is 0 Å². The van der Waals surface area contributed by atoms with Crippen LogP contribution in [0.25, 0.3) is 0 Å². The molecule has 0 radical (unpaired) electrons. The highest BCUT2D eigenvalue weighted by Gasteiger charge is 2.18. The zero-order valence-electron chi connectivity index (χ0n) is 52.9. The molecular formula is C73H135NO5. The molecule has 0 aromatic heterocycles. The van der Waals surface area contributed by atoms with E-state index in [1.807, 2.05) is 6.08 Å². The van der Waals surface area contributed by atoms with Gasteiger partial charge >= 0.3 is 5.97 Å². The Morgan fingerprint density at radius 2 is 0.633 bits per heavy atom. The van der Waals surface area contributed by atoms with E-state index in [1.165, 1.54) is 283 Å². The molecule has 2 unspecified atom stereocenters. The van der Waals surface area contributed by atoms with Gasteiger partial charge in [0.2, 0.25) is 5.91 Å². The van der Waals surface area contributed by atoms with E-state index in [-0.39, 0.29) is 18.5 Å². The molecule has 0 fully saturated rings. The van der Waals surface area contributed by atoms with Crippen LogP contribution in [-0.4, -0.2) is 47.4 Å². The molecule has 0 bridgehead atoms. The Labute approximate surface area is 492 Å². The van der Waals surface area contributed by atoms with Gasteiger partial charge in [-0.05, 0) is 96.3 Å². The van der Waals surface area contributed by atoms with Gasteiger partial charge in [-0.2, -0.15) is 0 Å². The number of esters is 1. The maximum absolute atomic E-state index is 12.5. The Hall–Kier alpha value is -2.44. The first kappa shape index (κ1) is 76.6. The molecule has 462 valence electrons. The van der Waals surface area contributed by atoms with E-state index in [0.717, 1.165) is 57.8 Å². The van der Waals surface area contributed by atoms with Crippen molar-refractivity contribution >= 4 is 11.9 Å². The van der Waals surface area contributed by atoms with Gasteiger partial charge in [0.05, 0.1) is 25.4 Å². The third-order valence-corrected chi connectivity index (χ3v) is 16.0. The lowest BCUT2D eigenvalue weighted by Crippen LogP contribution is -2.45. The predicted octanol–water partition coefficient (Wildman–Crippen LogP) is 22.6. The Kier molecular flexibility index (Phi) is 66.0. The van der Waals surface area contributed by atoms with Crippen molar-refractivity contribution < 1.29 is 24.5 Å². The minimum absolute atomic E-state index is 0.00889. The molecule has 0 saturated heterocycles. The number of aliphatic hydroxyl groups is 2. The number of amides is 1. The normalized spacial score (nSPS) is 12.9. The molecule has 1 amide bonds. The minimum atomic E-state index is -0.844. The molecule has 0 saturated carbocycles. The molecule has 0 spiro atoms. The average Bonchev–Trinajstić information content (AvgIpc) is 3.45. The number of rotatable bonds is 65. The molecule has 79 heavy (non-hydrogen) atoms. The number of hydrogen-bond acceptors (Lipinski definition) is 5. The Balaban J connectivity index is 3.39. The summed E-state index contributed by atoms with van der Waals surface area (Å²) >= 11 is 0. The van der Waals surface area contributed by atoms with Crippen LogP contribution in [0.3, 0.4) is 0 Å². The molecule has 0 aliphatic carbocycles. The monoisotopic (exact) mass is 1110 g/mol. The second-order valence-corrected chi connectivity index (χ2v) is 23.9. The van der Waals surface area contributed by atoms with Gasteiger partial charge in [-0.15, -0.1) is 0 Å². The summed E-state index contributed by atoms with van der Waals surface area (Å²) in [5.74, 6) is -0.0587. The Bertz CT molecular complexity index is 1370. The van der Waals surface area contributed by atoms with Gasteiger partial charge in [0.15, 0.2) is 0 Å². The second-order valence-electron chi connectivity index (χ2n) is 23.9. The summed E-state index contributed by atoms with van der Waals surface area (Å²) in [7, 11) is 0. The smallest absolute Gasteiger partial charge is 0.305 e. The molecule has 6 heteroatoms. The summed E-state index contributed by atoms with van der Waals surface area (Å²) in [5.41, 5.74) is 0. The first-order chi connectivity index (χ1) is 39.0. The van der Waals surface area contributed by atoms with E-state index >= 15 is 0 Å². The van der Waals surface area contributed by atoms with Gasteiger partial charge in [-0.3, -0.25) is 9.59 Å². The van der Waals surface area contributed by atoms with Crippen LogP contribution in [0, 0.1) is 0 Å². The van der Waals surface area contributed by atoms with Gasteiger partial charge in [-0.1, -0.05) is 319 Å². The fourth-order valence-electron chi connectivity index (χ4n) is 10.6. The number of allylic oxidation sites excluding steroid dienone is 9. The molecule has 0 rings (SSSR count). The lowest BCUT2D eigenvalue weighted by atomic mass is 10.0. The lowest BCUT2D eigenvalue weighted by Gasteiger charge is -2.20. The summed E-state index contributed by atoms with van der Waals surface area (Å²) in [4.78, 5) is 24.6. The Morgan fingerprint density at radius 3 is 0.987 bits per heavy atom. The molecule has 3 N–H and O–H groups in total. The molecule has 0 aromatic carbocycles. The van der Waals surface area contributed by atoms with Crippen molar-refractivity contribution in [2.75, 3.05) is 13.2 Å². The summed E-state index contributed by atoms with van der Waals surface area (Å²) in [6, 6.07) is -0.627. The quantitative estimate of drug-likeness (QED) is 0.0320. The second kappa shape index (κ2) is 68.1. The van der Waals surface area contributed by atoms with E-state index in [4.69, 9.17) is 4.74 Å². The van der Waals surface area contributed by atoms with Crippen LogP contribution < -0.4 is 5.32 Å². The van der Waals surface area contributed by atoms with Crippen molar-refractivity contribution in [3.63, 3.8) is 0 Å². The highest BCUT2D eigenvalue weighted by molar-refractivity contribution is 5.76. The summed E-state index contributed by atoms with van der Waals surface area (Å²) in [6.45, 7) is 4.88. The third kappa shape index (κ3) is 64.6. The molecule has 6 nitrogen and oxygen atoms in total. The SMILES string of the molecule is CCCCC/C=C\C/C=C\CCCCCCCCCCCC(=O)OCCCCCCCCCCC/C=C\C/C=C\CCCCCCCCCCCCCCCCCC(=O)NC(CO)C(O)/C=C/CCCCCCCCCCCC. The van der Waals surface area contributed by atoms with E-state index in [1.54, 1.807) is 6.08 Å². The van der Waals surface area contributed by atoms with Gasteiger partial charge in [-0.25, -0.2) is 0 Å². The van der Waals surface area contributed by atoms with Crippen LogP contribution in [0.15, 0.2) is 60.8 Å². The molecule has 0 aliphatic heterocycles. The van der Waals surface area contributed by atoms with Crippen LogP contribution in [-0.2, 0) is 14.3 Å². The largest absolute Gasteiger partial charge is 0.466 e. The van der Waals surface area contributed by atoms with E-state index < -0.39 is 12.1 Å². The summed E-state index contributed by atoms with van der Waals surface area (Å²) in [5, 5.41) is 23.1. The maximum atomic E-state index is 12.5. The highest BCUT2D eigenvalue weighted by atomic mass is 16.5. The van der Waals surface area contributed by atoms with Gasteiger partial charge < -0.3 is 20.3 Å². The molecule has 0 heterocycles. The van der Waals surface area contributed by atoms with Crippen molar-refractivity contribution in [1.29, 1.82) is 0 Å². The molecule has 2 atom stereocenters. The van der Waals surface area contributed by atoms with E-state index in [9.17, 15) is 19.8 Å². The first-order valence-electron chi connectivity index (χ1n) is 35.1. The van der Waals surface area contributed by atoms with Crippen LogP contribution in [0.2, 0.25) is 0 Å². The van der Waals surface area contributed by atoms with Crippen LogP contribution in [0.5, 0.6) is 0 Å². The van der Waals surface area contributed by atoms with Gasteiger partial charge in [0.1, 0.15) is 0 Å². The molecular weight excluding hydrogens is 971 g/mol. The summed E-state index contributed by atoms with van der Waals surface area (Å²) in [6.07, 6.45) is 90.2. The lowest BCUT2D eigenvalue weighted by molar-refractivity contribution is -0.143. The fraction of sp³-hybridized carbons (Fsp3) is 0.836. The van der Waals surface area contributed by atoms with Crippen molar-refractivity contribution in [2.45, 2.75) is 379 Å². The van der Waals surface area contributed by atoms with Gasteiger partial charge in [0.25, 0.3) is 0 Å². The highest BCUT2D eigenvalue weighted by Crippen LogP contribution is 2.17. The van der Waals surface area contributed by atoms with Crippen molar-refractivity contribution in [3.8, 4) is 0 Å².